The van der Waals surface area contributed by atoms with Crippen LogP contribution < -0.4 is 5.32 Å². The van der Waals surface area contributed by atoms with Crippen LogP contribution in [-0.2, 0) is 0 Å². The third kappa shape index (κ3) is 4.23. The molecule has 7 heteroatoms. The van der Waals surface area contributed by atoms with Crippen molar-refractivity contribution in [3.63, 3.8) is 0 Å². The lowest BCUT2D eigenvalue weighted by Gasteiger charge is -2.09. The van der Waals surface area contributed by atoms with Crippen molar-refractivity contribution in [2.75, 3.05) is 0 Å². The molecule has 0 unspecified atom stereocenters. The second-order valence-corrected chi connectivity index (χ2v) is 6.21. The van der Waals surface area contributed by atoms with E-state index in [0.717, 1.165) is 11.1 Å². The molecule has 0 bridgehead atoms. The van der Waals surface area contributed by atoms with Gasteiger partial charge in [0.05, 0.1) is 5.70 Å². The molecule has 0 aliphatic carbocycles. The number of rotatable bonds is 4. The molecule has 0 atom stereocenters. The van der Waals surface area contributed by atoms with Crippen LogP contribution in [0.4, 0.5) is 0 Å². The molecule has 3 rings (SSSR count). The van der Waals surface area contributed by atoms with E-state index in [0.29, 0.717) is 26.9 Å². The van der Waals surface area contributed by atoms with Crippen LogP contribution in [0.15, 0.2) is 48.5 Å². The number of halogens is 1. The van der Waals surface area contributed by atoms with Gasteiger partial charge < -0.3 is 5.32 Å². The van der Waals surface area contributed by atoms with Crippen LogP contribution in [0, 0.1) is 11.7 Å². The van der Waals surface area contributed by atoms with Gasteiger partial charge in [0.25, 0.3) is 5.91 Å². The highest BCUT2D eigenvalue weighted by Crippen LogP contribution is 2.20. The van der Waals surface area contributed by atoms with E-state index in [1.165, 1.54) is 0 Å². The molecule has 0 radical (unpaired) electrons. The van der Waals surface area contributed by atoms with Crippen molar-refractivity contribution >= 4 is 41.5 Å². The molecule has 25 heavy (non-hydrogen) atoms. The predicted octanol–water partition coefficient (Wildman–Crippen LogP) is 4.36. The first-order valence-corrected chi connectivity index (χ1v) is 8.31. The fraction of sp³-hybridized carbons (Fsp3) is 0.0556. The number of aromatic amines is 2. The maximum atomic E-state index is 12.6. The first-order chi connectivity index (χ1) is 12.0. The summed E-state index contributed by atoms with van der Waals surface area (Å²) in [6, 6.07) is 14.6. The zero-order valence-corrected chi connectivity index (χ0v) is 14.9. The van der Waals surface area contributed by atoms with Gasteiger partial charge in [-0.3, -0.25) is 15.0 Å². The van der Waals surface area contributed by atoms with Crippen LogP contribution >= 0.6 is 23.8 Å². The Hall–Kier alpha value is -2.70. The number of aromatic nitrogens is 3. The van der Waals surface area contributed by atoms with Crippen LogP contribution in [0.1, 0.15) is 27.3 Å². The lowest BCUT2D eigenvalue weighted by molar-refractivity contribution is 0.0973. The zero-order valence-electron chi connectivity index (χ0n) is 13.3. The quantitative estimate of drug-likeness (QED) is 0.597. The molecule has 2 aromatic carbocycles. The fourth-order valence-corrected chi connectivity index (χ4v) is 2.54. The molecule has 0 saturated carbocycles. The van der Waals surface area contributed by atoms with E-state index in [4.69, 9.17) is 23.8 Å². The van der Waals surface area contributed by atoms with Gasteiger partial charge in [-0.25, -0.2) is 0 Å². The second-order valence-electron chi connectivity index (χ2n) is 5.42. The van der Waals surface area contributed by atoms with E-state index in [-0.39, 0.29) is 5.91 Å². The van der Waals surface area contributed by atoms with Gasteiger partial charge in [-0.05, 0) is 49.0 Å². The van der Waals surface area contributed by atoms with Gasteiger partial charge >= 0.3 is 0 Å². The smallest absolute Gasteiger partial charge is 0.255 e. The Labute approximate surface area is 154 Å². The van der Waals surface area contributed by atoms with Gasteiger partial charge in [0, 0.05) is 10.6 Å². The Balaban J connectivity index is 1.97. The number of aryl methyl sites for hydroxylation is 1. The van der Waals surface area contributed by atoms with Crippen molar-refractivity contribution in [3.05, 3.63) is 80.8 Å². The van der Waals surface area contributed by atoms with Gasteiger partial charge in [-0.15, -0.1) is 0 Å². The highest BCUT2D eigenvalue weighted by Gasteiger charge is 2.12. The van der Waals surface area contributed by atoms with Crippen LogP contribution in [0.2, 0.25) is 5.02 Å². The van der Waals surface area contributed by atoms with E-state index in [1.807, 2.05) is 37.3 Å². The van der Waals surface area contributed by atoms with Crippen molar-refractivity contribution in [2.45, 2.75) is 6.92 Å². The molecule has 1 heterocycles. The van der Waals surface area contributed by atoms with E-state index in [9.17, 15) is 4.79 Å². The Morgan fingerprint density at radius 1 is 1.16 bits per heavy atom. The van der Waals surface area contributed by atoms with Crippen molar-refractivity contribution in [1.29, 1.82) is 0 Å². The number of benzene rings is 2. The Bertz CT molecular complexity index is 989. The minimum absolute atomic E-state index is 0.249. The molecular formula is C18H15ClN4OS. The summed E-state index contributed by atoms with van der Waals surface area (Å²) < 4.78 is 0.296. The number of nitrogens with one attached hydrogen (secondary N) is 3. The van der Waals surface area contributed by atoms with Crippen molar-refractivity contribution < 1.29 is 4.79 Å². The Morgan fingerprint density at radius 3 is 2.52 bits per heavy atom. The summed E-state index contributed by atoms with van der Waals surface area (Å²) in [6.45, 7) is 1.97. The molecule has 3 aromatic rings. The third-order valence-corrected chi connectivity index (χ3v) is 4.06. The lowest BCUT2D eigenvalue weighted by atomic mass is 10.1. The number of amides is 1. The Morgan fingerprint density at radius 2 is 1.88 bits per heavy atom. The zero-order chi connectivity index (χ0) is 17.8. The summed E-state index contributed by atoms with van der Waals surface area (Å²) in [6.07, 6.45) is 1.75. The summed E-state index contributed by atoms with van der Waals surface area (Å²) in [5, 5.41) is 9.00. The molecule has 0 saturated heterocycles. The first kappa shape index (κ1) is 17.1. The molecule has 5 nitrogen and oxygen atoms in total. The molecule has 1 aromatic heterocycles. The average Bonchev–Trinajstić information content (AvgIpc) is 3.03. The second kappa shape index (κ2) is 7.46. The molecule has 0 aliphatic heterocycles. The van der Waals surface area contributed by atoms with Crippen molar-refractivity contribution in [3.8, 4) is 0 Å². The summed E-state index contributed by atoms with van der Waals surface area (Å²) in [4.78, 5) is 16.7. The number of hydrogen-bond donors (Lipinski definition) is 3. The monoisotopic (exact) mass is 370 g/mol. The van der Waals surface area contributed by atoms with Gasteiger partial charge in [-0.1, -0.05) is 47.5 Å². The SMILES string of the molecule is Cc1ccc(C(=O)N/C(=C/c2ccccc2Cl)c2nc(=S)[nH][nH]2)cc1. The minimum Gasteiger partial charge on any atom is -0.319 e. The van der Waals surface area contributed by atoms with Crippen LogP contribution in [0.25, 0.3) is 11.8 Å². The number of H-pyrrole nitrogens is 2. The molecule has 0 fully saturated rings. The van der Waals surface area contributed by atoms with Gasteiger partial charge in [0.15, 0.2) is 5.82 Å². The fourth-order valence-electron chi connectivity index (χ4n) is 2.21. The largest absolute Gasteiger partial charge is 0.319 e. The van der Waals surface area contributed by atoms with Crippen molar-refractivity contribution in [1.82, 2.24) is 20.5 Å². The number of carbonyl (C=O) groups is 1. The minimum atomic E-state index is -0.249. The first-order valence-electron chi connectivity index (χ1n) is 7.52. The molecule has 1 amide bonds. The highest BCUT2D eigenvalue weighted by molar-refractivity contribution is 7.71. The topological polar surface area (TPSA) is 73.6 Å². The molecule has 126 valence electrons. The van der Waals surface area contributed by atoms with E-state index >= 15 is 0 Å². The van der Waals surface area contributed by atoms with E-state index in [2.05, 4.69) is 20.5 Å². The normalized spacial score (nSPS) is 11.4. The average molecular weight is 371 g/mol. The summed E-state index contributed by atoms with van der Waals surface area (Å²) >= 11 is 11.2. The van der Waals surface area contributed by atoms with Gasteiger partial charge in [0.2, 0.25) is 4.77 Å². The summed E-state index contributed by atoms with van der Waals surface area (Å²) in [5.41, 5.74) is 2.85. The maximum Gasteiger partial charge on any atom is 0.255 e. The molecule has 0 spiro atoms. The van der Waals surface area contributed by atoms with E-state index in [1.54, 1.807) is 24.3 Å². The van der Waals surface area contributed by atoms with Crippen molar-refractivity contribution in [2.24, 2.45) is 0 Å². The van der Waals surface area contributed by atoms with Gasteiger partial charge in [0.1, 0.15) is 0 Å². The van der Waals surface area contributed by atoms with Crippen LogP contribution in [0.5, 0.6) is 0 Å². The highest BCUT2D eigenvalue weighted by atomic mass is 35.5. The lowest BCUT2D eigenvalue weighted by Crippen LogP contribution is -2.22. The Kier molecular flexibility index (Phi) is 5.11. The van der Waals surface area contributed by atoms with E-state index < -0.39 is 0 Å². The predicted molar refractivity (Wildman–Crippen MR) is 102 cm³/mol. The number of hydrogen-bond acceptors (Lipinski definition) is 3. The molecular weight excluding hydrogens is 356 g/mol. The molecule has 0 aliphatic rings. The summed E-state index contributed by atoms with van der Waals surface area (Å²) in [5.74, 6) is 0.172. The third-order valence-electron chi connectivity index (χ3n) is 3.52. The molecule has 3 N–H and O–H groups in total. The standard InChI is InChI=1S/C18H15ClN4OS/c1-11-6-8-12(9-7-11)17(24)20-15(16-21-18(25)23-22-16)10-13-4-2-3-5-14(13)19/h2-10H,1H3,(H,20,24)(H2,21,22,23,25)/b15-10+. The van der Waals surface area contributed by atoms with Gasteiger partial charge in [-0.2, -0.15) is 4.98 Å². The number of nitrogens with zero attached hydrogens (tertiary/aromatic N) is 1. The van der Waals surface area contributed by atoms with Crippen LogP contribution in [-0.4, -0.2) is 21.1 Å². The summed E-state index contributed by atoms with van der Waals surface area (Å²) in [7, 11) is 0. The number of carbonyl (C=O) groups excluding carboxylic acids is 1. The maximum absolute atomic E-state index is 12.6. The van der Waals surface area contributed by atoms with Crippen LogP contribution in [0.3, 0.4) is 0 Å².